The van der Waals surface area contributed by atoms with Gasteiger partial charge in [0.05, 0.1) is 0 Å². The molecule has 1 amide bonds. The fraction of sp³-hybridized carbons (Fsp3) is 0.917. The zero-order valence-electron chi connectivity index (χ0n) is 10.1. The van der Waals surface area contributed by atoms with Crippen LogP contribution in [-0.4, -0.2) is 23.9 Å². The van der Waals surface area contributed by atoms with Gasteiger partial charge < -0.3 is 4.90 Å². The van der Waals surface area contributed by atoms with Crippen LogP contribution in [0.5, 0.6) is 0 Å². The van der Waals surface area contributed by atoms with Gasteiger partial charge in [0.1, 0.15) is 0 Å². The van der Waals surface area contributed by atoms with E-state index in [9.17, 15) is 4.79 Å². The number of rotatable bonds is 0. The lowest BCUT2D eigenvalue weighted by molar-refractivity contribution is -0.142. The average Bonchev–Trinajstić information content (AvgIpc) is 1.99. The van der Waals surface area contributed by atoms with Gasteiger partial charge in [-0.2, -0.15) is 0 Å². The van der Waals surface area contributed by atoms with Crippen LogP contribution in [0, 0.1) is 17.3 Å². The third-order valence-electron chi connectivity index (χ3n) is 2.80. The summed E-state index contributed by atoms with van der Waals surface area (Å²) in [7, 11) is 0. The Morgan fingerprint density at radius 3 is 1.93 bits per heavy atom. The maximum absolute atomic E-state index is 12.0. The van der Waals surface area contributed by atoms with Crippen molar-refractivity contribution in [3.63, 3.8) is 0 Å². The Balaban J connectivity index is 2.64. The van der Waals surface area contributed by atoms with E-state index in [1.165, 1.54) is 6.42 Å². The van der Waals surface area contributed by atoms with E-state index in [0.717, 1.165) is 13.1 Å². The van der Waals surface area contributed by atoms with Crippen molar-refractivity contribution in [2.75, 3.05) is 13.1 Å². The molecule has 1 heterocycles. The lowest BCUT2D eigenvalue weighted by Crippen LogP contribution is -2.47. The second-order valence-electron chi connectivity index (χ2n) is 5.91. The average molecular weight is 197 g/mol. The van der Waals surface area contributed by atoms with Crippen molar-refractivity contribution in [1.82, 2.24) is 4.90 Å². The molecule has 0 aromatic carbocycles. The minimum atomic E-state index is -0.225. The molecule has 0 saturated carbocycles. The first-order valence-electron chi connectivity index (χ1n) is 5.60. The number of carbonyl (C=O) groups is 1. The molecule has 0 aliphatic carbocycles. The molecule has 1 aliphatic rings. The third kappa shape index (κ3) is 2.73. The highest BCUT2D eigenvalue weighted by molar-refractivity contribution is 5.81. The topological polar surface area (TPSA) is 20.3 Å². The fourth-order valence-electron chi connectivity index (χ4n) is 2.30. The predicted molar refractivity (Wildman–Crippen MR) is 59.0 cm³/mol. The normalized spacial score (nSPS) is 29.1. The van der Waals surface area contributed by atoms with Crippen LogP contribution in [0.1, 0.15) is 41.0 Å². The van der Waals surface area contributed by atoms with Crippen molar-refractivity contribution in [2.45, 2.75) is 41.0 Å². The molecule has 2 heteroatoms. The summed E-state index contributed by atoms with van der Waals surface area (Å²) in [5.74, 6) is 1.62. The molecule has 0 radical (unpaired) electrons. The predicted octanol–water partition coefficient (Wildman–Crippen LogP) is 2.54. The Hall–Kier alpha value is -0.530. The van der Waals surface area contributed by atoms with Gasteiger partial charge in [0.15, 0.2) is 0 Å². The van der Waals surface area contributed by atoms with Crippen molar-refractivity contribution in [3.8, 4) is 0 Å². The van der Waals surface area contributed by atoms with E-state index in [1.54, 1.807) is 0 Å². The second kappa shape index (κ2) is 3.92. The Morgan fingerprint density at radius 1 is 1.14 bits per heavy atom. The number of carbonyl (C=O) groups excluding carboxylic acids is 1. The van der Waals surface area contributed by atoms with Crippen molar-refractivity contribution >= 4 is 5.91 Å². The summed E-state index contributed by atoms with van der Waals surface area (Å²) in [6, 6.07) is 0. The van der Waals surface area contributed by atoms with Crippen molar-refractivity contribution in [1.29, 1.82) is 0 Å². The number of nitrogens with zero attached hydrogens (tertiary/aromatic N) is 1. The Bertz CT molecular complexity index is 207. The molecule has 0 bridgehead atoms. The lowest BCUT2D eigenvalue weighted by Gasteiger charge is -2.38. The lowest BCUT2D eigenvalue weighted by atomic mass is 9.88. The standard InChI is InChI=1S/C12H23NO/c1-9-6-10(2)8-13(7-9)11(14)12(3,4)5/h9-10H,6-8H2,1-5H3/t9-,10+. The summed E-state index contributed by atoms with van der Waals surface area (Å²) in [5, 5.41) is 0. The molecule has 0 N–H and O–H groups in total. The van der Waals surface area contributed by atoms with Gasteiger partial charge in [-0.25, -0.2) is 0 Å². The zero-order valence-corrected chi connectivity index (χ0v) is 10.1. The molecule has 2 nitrogen and oxygen atoms in total. The van der Waals surface area contributed by atoms with Crippen LogP contribution in [-0.2, 0) is 4.79 Å². The number of amides is 1. The molecule has 82 valence electrons. The maximum Gasteiger partial charge on any atom is 0.227 e. The first-order valence-corrected chi connectivity index (χ1v) is 5.60. The van der Waals surface area contributed by atoms with Gasteiger partial charge in [-0.05, 0) is 18.3 Å². The summed E-state index contributed by atoms with van der Waals surface area (Å²) in [6.07, 6.45) is 1.26. The second-order valence-corrected chi connectivity index (χ2v) is 5.91. The highest BCUT2D eigenvalue weighted by Gasteiger charge is 2.31. The van der Waals surface area contributed by atoms with E-state index in [2.05, 4.69) is 13.8 Å². The highest BCUT2D eigenvalue weighted by Crippen LogP contribution is 2.25. The molecule has 1 saturated heterocycles. The van der Waals surface area contributed by atoms with Crippen LogP contribution in [0.3, 0.4) is 0 Å². The van der Waals surface area contributed by atoms with E-state index in [1.807, 2.05) is 25.7 Å². The van der Waals surface area contributed by atoms with Crippen molar-refractivity contribution < 1.29 is 4.79 Å². The molecule has 0 aromatic rings. The summed E-state index contributed by atoms with van der Waals surface area (Å²) in [5.41, 5.74) is -0.225. The van der Waals surface area contributed by atoms with Crippen molar-refractivity contribution in [3.05, 3.63) is 0 Å². The Morgan fingerprint density at radius 2 is 1.57 bits per heavy atom. The van der Waals surface area contributed by atoms with Gasteiger partial charge in [0.25, 0.3) is 0 Å². The van der Waals surface area contributed by atoms with E-state index in [0.29, 0.717) is 17.7 Å². The number of hydrogen-bond donors (Lipinski definition) is 0. The van der Waals surface area contributed by atoms with Gasteiger partial charge in [-0.3, -0.25) is 4.79 Å². The highest BCUT2D eigenvalue weighted by atomic mass is 16.2. The number of hydrogen-bond acceptors (Lipinski definition) is 1. The zero-order chi connectivity index (χ0) is 10.9. The number of likely N-dealkylation sites (tertiary alicyclic amines) is 1. The van der Waals surface area contributed by atoms with Crippen LogP contribution in [0.2, 0.25) is 0 Å². The van der Waals surface area contributed by atoms with E-state index in [-0.39, 0.29) is 5.41 Å². The van der Waals surface area contributed by atoms with E-state index >= 15 is 0 Å². The molecule has 0 spiro atoms. The molecule has 1 fully saturated rings. The van der Waals surface area contributed by atoms with Crippen molar-refractivity contribution in [2.24, 2.45) is 17.3 Å². The molecular formula is C12H23NO. The molecular weight excluding hydrogens is 174 g/mol. The van der Waals surface area contributed by atoms with E-state index < -0.39 is 0 Å². The van der Waals surface area contributed by atoms with Crippen LogP contribution < -0.4 is 0 Å². The largest absolute Gasteiger partial charge is 0.342 e. The Kier molecular flexibility index (Phi) is 3.23. The van der Waals surface area contributed by atoms with Gasteiger partial charge in [0.2, 0.25) is 5.91 Å². The van der Waals surface area contributed by atoms with Crippen LogP contribution >= 0.6 is 0 Å². The van der Waals surface area contributed by atoms with Gasteiger partial charge >= 0.3 is 0 Å². The maximum atomic E-state index is 12.0. The summed E-state index contributed by atoms with van der Waals surface area (Å²) < 4.78 is 0. The quantitative estimate of drug-likeness (QED) is 0.584. The SMILES string of the molecule is C[C@@H]1C[C@H](C)CN(C(=O)C(C)(C)C)C1. The van der Waals surface area contributed by atoms with E-state index in [4.69, 9.17) is 0 Å². The van der Waals surface area contributed by atoms with Crippen LogP contribution in [0.25, 0.3) is 0 Å². The Labute approximate surface area is 87.7 Å². The minimum Gasteiger partial charge on any atom is -0.342 e. The molecule has 14 heavy (non-hydrogen) atoms. The molecule has 0 unspecified atom stereocenters. The first-order chi connectivity index (χ1) is 6.30. The molecule has 1 rings (SSSR count). The third-order valence-corrected chi connectivity index (χ3v) is 2.80. The molecule has 2 atom stereocenters. The van der Waals surface area contributed by atoms with Gasteiger partial charge in [-0.1, -0.05) is 34.6 Å². The fourth-order valence-corrected chi connectivity index (χ4v) is 2.30. The van der Waals surface area contributed by atoms with Crippen LogP contribution in [0.15, 0.2) is 0 Å². The van der Waals surface area contributed by atoms with Gasteiger partial charge in [-0.15, -0.1) is 0 Å². The minimum absolute atomic E-state index is 0.225. The molecule has 1 aliphatic heterocycles. The van der Waals surface area contributed by atoms with Crippen LogP contribution in [0.4, 0.5) is 0 Å². The number of piperidine rings is 1. The molecule has 0 aromatic heterocycles. The monoisotopic (exact) mass is 197 g/mol. The smallest absolute Gasteiger partial charge is 0.227 e. The van der Waals surface area contributed by atoms with Gasteiger partial charge in [0, 0.05) is 18.5 Å². The summed E-state index contributed by atoms with van der Waals surface area (Å²) >= 11 is 0. The summed E-state index contributed by atoms with van der Waals surface area (Å²) in [6.45, 7) is 12.4. The first kappa shape index (κ1) is 11.5. The summed E-state index contributed by atoms with van der Waals surface area (Å²) in [4.78, 5) is 14.1.